The number of imidazole rings is 1. The number of nitrogens with one attached hydrogen (secondary N) is 1. The van der Waals surface area contributed by atoms with Gasteiger partial charge in [-0.3, -0.25) is 0 Å². The Morgan fingerprint density at radius 1 is 1.19 bits per heavy atom. The first-order chi connectivity index (χ1) is 10.2. The van der Waals surface area contributed by atoms with E-state index in [4.69, 9.17) is 4.98 Å². The van der Waals surface area contributed by atoms with Gasteiger partial charge in [-0.15, -0.1) is 0 Å². The van der Waals surface area contributed by atoms with Crippen LogP contribution in [0.5, 0.6) is 0 Å². The number of nitrogens with zero attached hydrogens (tertiary/aromatic N) is 2. The molecule has 2 aromatic rings. The van der Waals surface area contributed by atoms with Crippen molar-refractivity contribution in [3.63, 3.8) is 0 Å². The zero-order valence-corrected chi connectivity index (χ0v) is 13.3. The van der Waals surface area contributed by atoms with E-state index in [0.717, 1.165) is 26.1 Å². The van der Waals surface area contributed by atoms with E-state index in [2.05, 4.69) is 61.0 Å². The molecule has 3 nitrogen and oxygen atoms in total. The molecule has 112 valence electrons. The standard InChI is InChI=1S/C18H25N3/c1-13(2)18-20-16-11-19-10-9-17(16)21(18)12-14(3)15-7-5-4-6-8-15/h4-8,13-14,19H,9-12H2,1-3H3. The largest absolute Gasteiger partial charge is 0.331 e. The summed E-state index contributed by atoms with van der Waals surface area (Å²) in [6.07, 6.45) is 1.09. The molecule has 0 amide bonds. The second kappa shape index (κ2) is 6.02. The molecular formula is C18H25N3. The minimum Gasteiger partial charge on any atom is -0.331 e. The SMILES string of the molecule is CC(C)c1nc2c(n1CC(C)c1ccccc1)CCNC2. The maximum atomic E-state index is 4.90. The molecule has 1 aromatic carbocycles. The number of aromatic nitrogens is 2. The third-order valence-corrected chi connectivity index (χ3v) is 4.36. The number of rotatable bonds is 4. The molecule has 21 heavy (non-hydrogen) atoms. The summed E-state index contributed by atoms with van der Waals surface area (Å²) in [6, 6.07) is 10.8. The summed E-state index contributed by atoms with van der Waals surface area (Å²) in [5, 5.41) is 3.43. The minimum absolute atomic E-state index is 0.471. The first-order valence-electron chi connectivity index (χ1n) is 8.00. The van der Waals surface area contributed by atoms with E-state index < -0.39 is 0 Å². The third kappa shape index (κ3) is 2.88. The summed E-state index contributed by atoms with van der Waals surface area (Å²) < 4.78 is 2.48. The van der Waals surface area contributed by atoms with Crippen LogP contribution in [0.2, 0.25) is 0 Å². The molecule has 0 fully saturated rings. The molecule has 1 N–H and O–H groups in total. The van der Waals surface area contributed by atoms with Crippen LogP contribution in [0.25, 0.3) is 0 Å². The topological polar surface area (TPSA) is 29.9 Å². The highest BCUT2D eigenvalue weighted by Crippen LogP contribution is 2.26. The van der Waals surface area contributed by atoms with Crippen molar-refractivity contribution in [3.8, 4) is 0 Å². The van der Waals surface area contributed by atoms with Gasteiger partial charge >= 0.3 is 0 Å². The lowest BCUT2D eigenvalue weighted by Gasteiger charge is -2.20. The highest BCUT2D eigenvalue weighted by molar-refractivity contribution is 5.24. The fraction of sp³-hybridized carbons (Fsp3) is 0.500. The van der Waals surface area contributed by atoms with Crippen molar-refractivity contribution in [1.82, 2.24) is 14.9 Å². The highest BCUT2D eigenvalue weighted by Gasteiger charge is 2.22. The average Bonchev–Trinajstić information content (AvgIpc) is 2.87. The molecule has 1 aromatic heterocycles. The lowest BCUT2D eigenvalue weighted by molar-refractivity contribution is 0.525. The van der Waals surface area contributed by atoms with E-state index in [1.165, 1.54) is 22.8 Å². The quantitative estimate of drug-likeness (QED) is 0.931. The molecule has 0 saturated carbocycles. The molecule has 2 heterocycles. The van der Waals surface area contributed by atoms with Crippen LogP contribution in [-0.4, -0.2) is 16.1 Å². The predicted octanol–water partition coefficient (Wildman–Crippen LogP) is 3.46. The molecule has 1 atom stereocenters. The van der Waals surface area contributed by atoms with E-state index in [1.807, 2.05) is 0 Å². The molecule has 3 heteroatoms. The van der Waals surface area contributed by atoms with Gasteiger partial charge in [0, 0.05) is 37.7 Å². The van der Waals surface area contributed by atoms with E-state index in [1.54, 1.807) is 0 Å². The maximum Gasteiger partial charge on any atom is 0.111 e. The maximum absolute atomic E-state index is 4.90. The smallest absolute Gasteiger partial charge is 0.111 e. The van der Waals surface area contributed by atoms with Crippen LogP contribution in [0.1, 0.15) is 55.4 Å². The van der Waals surface area contributed by atoms with Crippen molar-refractivity contribution in [2.75, 3.05) is 6.54 Å². The van der Waals surface area contributed by atoms with Gasteiger partial charge in [-0.2, -0.15) is 0 Å². The predicted molar refractivity (Wildman–Crippen MR) is 86.6 cm³/mol. The lowest BCUT2D eigenvalue weighted by atomic mass is 10.0. The Balaban J connectivity index is 1.92. The summed E-state index contributed by atoms with van der Waals surface area (Å²) in [4.78, 5) is 4.90. The Hall–Kier alpha value is -1.61. The number of fused-ring (bicyclic) bond motifs is 1. The number of hydrogen-bond donors (Lipinski definition) is 1. The van der Waals surface area contributed by atoms with Gasteiger partial charge in [-0.25, -0.2) is 4.98 Å². The van der Waals surface area contributed by atoms with Gasteiger partial charge in [-0.1, -0.05) is 51.1 Å². The molecule has 3 rings (SSSR count). The van der Waals surface area contributed by atoms with Crippen LogP contribution in [0.15, 0.2) is 30.3 Å². The van der Waals surface area contributed by atoms with Crippen molar-refractivity contribution in [1.29, 1.82) is 0 Å². The third-order valence-electron chi connectivity index (χ3n) is 4.36. The number of hydrogen-bond acceptors (Lipinski definition) is 2. The molecule has 1 aliphatic heterocycles. The van der Waals surface area contributed by atoms with Gasteiger partial charge in [0.25, 0.3) is 0 Å². The van der Waals surface area contributed by atoms with Gasteiger partial charge in [0.2, 0.25) is 0 Å². The first kappa shape index (κ1) is 14.3. The highest BCUT2D eigenvalue weighted by atomic mass is 15.1. The fourth-order valence-corrected chi connectivity index (χ4v) is 3.20. The number of benzene rings is 1. The second-order valence-electron chi connectivity index (χ2n) is 6.37. The molecule has 0 spiro atoms. The van der Waals surface area contributed by atoms with Crippen LogP contribution in [0.3, 0.4) is 0 Å². The zero-order valence-electron chi connectivity index (χ0n) is 13.3. The minimum atomic E-state index is 0.471. The van der Waals surface area contributed by atoms with Gasteiger partial charge in [-0.05, 0) is 11.5 Å². The average molecular weight is 283 g/mol. The summed E-state index contributed by atoms with van der Waals surface area (Å²) in [7, 11) is 0. The summed E-state index contributed by atoms with van der Waals surface area (Å²) in [5.74, 6) is 2.22. The summed E-state index contributed by atoms with van der Waals surface area (Å²) in [6.45, 7) is 9.81. The van der Waals surface area contributed by atoms with Crippen LogP contribution in [-0.2, 0) is 19.5 Å². The van der Waals surface area contributed by atoms with E-state index in [-0.39, 0.29) is 0 Å². The Kier molecular flexibility index (Phi) is 4.11. The van der Waals surface area contributed by atoms with E-state index in [9.17, 15) is 0 Å². The van der Waals surface area contributed by atoms with Crippen LogP contribution in [0.4, 0.5) is 0 Å². The van der Waals surface area contributed by atoms with Crippen LogP contribution < -0.4 is 5.32 Å². The Bertz CT molecular complexity index is 598. The molecule has 0 bridgehead atoms. The Labute approximate surface area is 127 Å². The molecular weight excluding hydrogens is 258 g/mol. The summed E-state index contributed by atoms with van der Waals surface area (Å²) in [5.41, 5.74) is 4.11. The molecule has 0 saturated heterocycles. The molecule has 1 aliphatic rings. The van der Waals surface area contributed by atoms with Gasteiger partial charge in [0.05, 0.1) is 5.69 Å². The second-order valence-corrected chi connectivity index (χ2v) is 6.37. The first-order valence-corrected chi connectivity index (χ1v) is 8.00. The lowest BCUT2D eigenvalue weighted by Crippen LogP contribution is -2.25. The van der Waals surface area contributed by atoms with Crippen molar-refractivity contribution in [2.24, 2.45) is 0 Å². The molecule has 0 aliphatic carbocycles. The van der Waals surface area contributed by atoms with Crippen LogP contribution >= 0.6 is 0 Å². The fourth-order valence-electron chi connectivity index (χ4n) is 3.20. The Morgan fingerprint density at radius 3 is 2.67 bits per heavy atom. The normalized spacial score (nSPS) is 16.0. The molecule has 0 radical (unpaired) electrons. The molecule has 1 unspecified atom stereocenters. The van der Waals surface area contributed by atoms with Crippen LogP contribution in [0, 0.1) is 0 Å². The zero-order chi connectivity index (χ0) is 14.8. The van der Waals surface area contributed by atoms with Crippen molar-refractivity contribution < 1.29 is 0 Å². The summed E-state index contributed by atoms with van der Waals surface area (Å²) >= 11 is 0. The van der Waals surface area contributed by atoms with E-state index in [0.29, 0.717) is 11.8 Å². The van der Waals surface area contributed by atoms with Gasteiger partial charge < -0.3 is 9.88 Å². The van der Waals surface area contributed by atoms with Crippen molar-refractivity contribution >= 4 is 0 Å². The van der Waals surface area contributed by atoms with Gasteiger partial charge in [0.1, 0.15) is 5.82 Å². The van der Waals surface area contributed by atoms with E-state index >= 15 is 0 Å². The van der Waals surface area contributed by atoms with Crippen molar-refractivity contribution in [3.05, 3.63) is 53.1 Å². The Morgan fingerprint density at radius 2 is 1.95 bits per heavy atom. The van der Waals surface area contributed by atoms with Gasteiger partial charge in [0.15, 0.2) is 0 Å². The van der Waals surface area contributed by atoms with Crippen molar-refractivity contribution in [2.45, 2.75) is 52.1 Å². The monoisotopic (exact) mass is 283 g/mol.